The van der Waals surface area contributed by atoms with Gasteiger partial charge >= 0.3 is 11.9 Å². The smallest absolute Gasteiger partial charge is 0.336 e. The van der Waals surface area contributed by atoms with Crippen molar-refractivity contribution in [2.45, 2.75) is 26.7 Å². The number of hydrogen-bond acceptors (Lipinski definition) is 8. The first-order valence-electron chi connectivity index (χ1n) is 11.6. The first-order valence-corrected chi connectivity index (χ1v) is 12.5. The monoisotopic (exact) mass is 504 g/mol. The molecule has 1 aliphatic heterocycles. The molecule has 1 aliphatic rings. The van der Waals surface area contributed by atoms with E-state index >= 15 is 0 Å². The van der Waals surface area contributed by atoms with Crippen LogP contribution in [0.15, 0.2) is 70.2 Å². The van der Waals surface area contributed by atoms with Gasteiger partial charge < -0.3 is 14.2 Å². The van der Waals surface area contributed by atoms with Gasteiger partial charge in [0, 0.05) is 33.8 Å². The van der Waals surface area contributed by atoms with Gasteiger partial charge in [0.05, 0.1) is 32.1 Å². The lowest BCUT2D eigenvalue weighted by atomic mass is 9.74. The number of carbonyl (C=O) groups excluding carboxylic acids is 2. The zero-order chi connectivity index (χ0) is 25.8. The molecule has 0 aliphatic carbocycles. The summed E-state index contributed by atoms with van der Waals surface area (Å²) in [5.41, 5.74) is 4.87. The maximum absolute atomic E-state index is 12.9. The maximum atomic E-state index is 12.9. The Morgan fingerprint density at radius 2 is 1.72 bits per heavy atom. The Hall–Kier alpha value is -3.78. The Morgan fingerprint density at radius 3 is 2.39 bits per heavy atom. The average Bonchev–Trinajstić information content (AvgIpc) is 3.38. The van der Waals surface area contributed by atoms with E-state index in [1.165, 1.54) is 25.6 Å². The van der Waals surface area contributed by atoms with E-state index in [9.17, 15) is 9.59 Å². The Morgan fingerprint density at radius 1 is 1.00 bits per heavy atom. The molecule has 0 amide bonds. The number of esters is 2. The van der Waals surface area contributed by atoms with E-state index in [4.69, 9.17) is 19.2 Å². The zero-order valence-electron chi connectivity index (χ0n) is 20.9. The van der Waals surface area contributed by atoms with Crippen molar-refractivity contribution in [3.8, 4) is 27.6 Å². The molecule has 8 heteroatoms. The standard InChI is InChI=1S/C28H28N2O5S/c1-6-35-19-13-11-18(12-14-19)22-15-36-26(30-22)21-10-8-7-9-20(21)25-23(27(31)33-4)16(2)29-17(3)24(25)28(32)34-5/h7-15,23,25H,6H2,1-5H3. The quantitative estimate of drug-likeness (QED) is 0.385. The molecule has 186 valence electrons. The van der Waals surface area contributed by atoms with Gasteiger partial charge in [-0.05, 0) is 50.6 Å². The fourth-order valence-corrected chi connectivity index (χ4v) is 5.44. The SMILES string of the molecule is CCOc1ccc(-c2csc(-c3ccccc3C3C(C(=O)OC)=C(C)N=C(C)C3C(=O)OC)n2)cc1. The van der Waals surface area contributed by atoms with Crippen molar-refractivity contribution in [3.05, 3.63) is 70.7 Å². The number of methoxy groups -OCH3 is 2. The van der Waals surface area contributed by atoms with E-state index in [2.05, 4.69) is 4.99 Å². The summed E-state index contributed by atoms with van der Waals surface area (Å²) in [6, 6.07) is 15.5. The van der Waals surface area contributed by atoms with Gasteiger partial charge in [0.1, 0.15) is 16.7 Å². The molecule has 0 bridgehead atoms. The first kappa shape index (κ1) is 25.3. The topological polar surface area (TPSA) is 87.1 Å². The van der Waals surface area contributed by atoms with Crippen LogP contribution in [0.1, 0.15) is 32.3 Å². The second-order valence-electron chi connectivity index (χ2n) is 8.30. The third-order valence-electron chi connectivity index (χ3n) is 6.18. The van der Waals surface area contributed by atoms with Crippen molar-refractivity contribution >= 4 is 29.0 Å². The molecule has 2 unspecified atom stereocenters. The predicted molar refractivity (Wildman–Crippen MR) is 140 cm³/mol. The van der Waals surface area contributed by atoms with E-state index in [0.29, 0.717) is 23.6 Å². The van der Waals surface area contributed by atoms with Gasteiger partial charge in [-0.2, -0.15) is 0 Å². The number of thiazole rings is 1. The largest absolute Gasteiger partial charge is 0.494 e. The lowest BCUT2D eigenvalue weighted by molar-refractivity contribution is -0.143. The van der Waals surface area contributed by atoms with Gasteiger partial charge in [-0.1, -0.05) is 24.3 Å². The Kier molecular flexibility index (Phi) is 7.64. The molecule has 2 atom stereocenters. The normalized spacial score (nSPS) is 17.4. The Labute approximate surface area is 214 Å². The minimum Gasteiger partial charge on any atom is -0.494 e. The van der Waals surface area contributed by atoms with Crippen LogP contribution in [0.3, 0.4) is 0 Å². The summed E-state index contributed by atoms with van der Waals surface area (Å²) in [4.78, 5) is 35.2. The van der Waals surface area contributed by atoms with Crippen molar-refractivity contribution in [1.82, 2.24) is 4.98 Å². The van der Waals surface area contributed by atoms with Gasteiger partial charge in [0.15, 0.2) is 0 Å². The second-order valence-corrected chi connectivity index (χ2v) is 9.16. The molecule has 2 aromatic carbocycles. The number of nitrogens with zero attached hydrogens (tertiary/aromatic N) is 2. The highest BCUT2D eigenvalue weighted by molar-refractivity contribution is 7.13. The lowest BCUT2D eigenvalue weighted by Crippen LogP contribution is -2.36. The number of hydrogen-bond donors (Lipinski definition) is 0. The molecule has 0 radical (unpaired) electrons. The number of carbonyl (C=O) groups is 2. The summed E-state index contributed by atoms with van der Waals surface area (Å²) in [6.07, 6.45) is 0. The van der Waals surface area contributed by atoms with Crippen LogP contribution in [0.4, 0.5) is 0 Å². The molecule has 0 fully saturated rings. The van der Waals surface area contributed by atoms with E-state index < -0.39 is 23.8 Å². The first-order chi connectivity index (χ1) is 17.4. The summed E-state index contributed by atoms with van der Waals surface area (Å²) in [6.45, 7) is 6.09. The lowest BCUT2D eigenvalue weighted by Gasteiger charge is -2.32. The number of benzene rings is 2. The Balaban J connectivity index is 1.82. The second kappa shape index (κ2) is 10.9. The van der Waals surface area contributed by atoms with E-state index in [-0.39, 0.29) is 0 Å². The van der Waals surface area contributed by atoms with Crippen LogP contribution < -0.4 is 4.74 Å². The van der Waals surface area contributed by atoms with E-state index in [1.54, 1.807) is 13.8 Å². The predicted octanol–water partition coefficient (Wildman–Crippen LogP) is 5.67. The molecular weight excluding hydrogens is 476 g/mol. The molecule has 4 rings (SSSR count). The molecule has 1 aromatic heterocycles. The summed E-state index contributed by atoms with van der Waals surface area (Å²) in [5.74, 6) is -1.57. The number of aromatic nitrogens is 1. The molecule has 0 saturated carbocycles. The van der Waals surface area contributed by atoms with Gasteiger partial charge in [0.25, 0.3) is 0 Å². The van der Waals surface area contributed by atoms with Gasteiger partial charge in [-0.25, -0.2) is 9.78 Å². The number of aliphatic imine (C=N–C) groups is 1. The van der Waals surface area contributed by atoms with E-state index in [1.807, 2.05) is 60.8 Å². The van der Waals surface area contributed by atoms with Gasteiger partial charge in [0.2, 0.25) is 0 Å². The molecule has 36 heavy (non-hydrogen) atoms. The van der Waals surface area contributed by atoms with Crippen molar-refractivity contribution in [3.63, 3.8) is 0 Å². The highest BCUT2D eigenvalue weighted by Crippen LogP contribution is 2.44. The molecule has 7 nitrogen and oxygen atoms in total. The average molecular weight is 505 g/mol. The van der Waals surface area contributed by atoms with E-state index in [0.717, 1.165) is 33.1 Å². The van der Waals surface area contributed by atoms with Crippen LogP contribution >= 0.6 is 11.3 Å². The maximum Gasteiger partial charge on any atom is 0.336 e. The highest BCUT2D eigenvalue weighted by atomic mass is 32.1. The zero-order valence-corrected chi connectivity index (χ0v) is 21.7. The van der Waals surface area contributed by atoms with Crippen LogP contribution in [-0.2, 0) is 19.1 Å². The molecule has 2 heterocycles. The fraction of sp³-hybridized carbons (Fsp3) is 0.286. The number of ether oxygens (including phenoxy) is 3. The third-order valence-corrected chi connectivity index (χ3v) is 7.06. The van der Waals surface area contributed by atoms with Gasteiger partial charge in [-0.3, -0.25) is 9.79 Å². The molecule has 0 N–H and O–H groups in total. The van der Waals surface area contributed by atoms with Crippen LogP contribution in [0.2, 0.25) is 0 Å². The minimum atomic E-state index is -0.764. The third kappa shape index (κ3) is 4.81. The van der Waals surface area contributed by atoms with Crippen LogP contribution in [0.25, 0.3) is 21.8 Å². The molecular formula is C28H28N2O5S. The summed E-state index contributed by atoms with van der Waals surface area (Å²) < 4.78 is 15.8. The van der Waals surface area contributed by atoms with Crippen molar-refractivity contribution < 1.29 is 23.8 Å². The highest BCUT2D eigenvalue weighted by Gasteiger charge is 2.43. The minimum absolute atomic E-state index is 0.342. The molecule has 3 aromatic rings. The van der Waals surface area contributed by atoms with Crippen molar-refractivity contribution in [1.29, 1.82) is 0 Å². The summed E-state index contributed by atoms with van der Waals surface area (Å²) in [5, 5.41) is 2.77. The summed E-state index contributed by atoms with van der Waals surface area (Å²) >= 11 is 1.50. The van der Waals surface area contributed by atoms with Crippen LogP contribution in [0.5, 0.6) is 5.75 Å². The van der Waals surface area contributed by atoms with Gasteiger partial charge in [-0.15, -0.1) is 11.3 Å². The summed E-state index contributed by atoms with van der Waals surface area (Å²) in [7, 11) is 2.67. The molecule has 0 spiro atoms. The van der Waals surface area contributed by atoms with Crippen LogP contribution in [0, 0.1) is 5.92 Å². The number of rotatable bonds is 7. The van der Waals surface area contributed by atoms with Crippen molar-refractivity contribution in [2.75, 3.05) is 20.8 Å². The van der Waals surface area contributed by atoms with Crippen molar-refractivity contribution in [2.24, 2.45) is 10.9 Å². The number of allylic oxidation sites excluding steroid dienone is 1. The molecule has 0 saturated heterocycles. The van der Waals surface area contributed by atoms with Crippen LogP contribution in [-0.4, -0.2) is 43.5 Å². The Bertz CT molecular complexity index is 1340. The fourth-order valence-electron chi connectivity index (χ4n) is 4.56.